The first kappa shape index (κ1) is 14.0. The van der Waals surface area contributed by atoms with Crippen LogP contribution in [-0.4, -0.2) is 12.6 Å². The van der Waals surface area contributed by atoms with Crippen molar-refractivity contribution >= 4 is 17.6 Å². The van der Waals surface area contributed by atoms with Gasteiger partial charge in [0.1, 0.15) is 0 Å². The molecule has 1 rings (SSSR count). The number of esters is 1. The molecule has 0 spiro atoms. The first-order chi connectivity index (χ1) is 7.13. The lowest BCUT2D eigenvalue weighted by molar-refractivity contribution is 0.0526. The van der Waals surface area contributed by atoms with Gasteiger partial charge in [0.05, 0.1) is 12.2 Å². The number of hydrogen-bond acceptors (Lipinski definition) is 2. The van der Waals surface area contributed by atoms with Crippen molar-refractivity contribution < 1.29 is 9.53 Å². The Morgan fingerprint density at radius 2 is 1.93 bits per heavy atom. The van der Waals surface area contributed by atoms with Gasteiger partial charge in [0.2, 0.25) is 0 Å². The number of ether oxygens (including phenoxy) is 1. The lowest BCUT2D eigenvalue weighted by Gasteiger charge is -2.03. The van der Waals surface area contributed by atoms with E-state index in [1.54, 1.807) is 25.1 Å². The van der Waals surface area contributed by atoms with Crippen LogP contribution >= 0.6 is 11.6 Å². The van der Waals surface area contributed by atoms with Gasteiger partial charge in [-0.25, -0.2) is 4.79 Å². The summed E-state index contributed by atoms with van der Waals surface area (Å²) in [5.41, 5.74) is 1.46. The smallest absolute Gasteiger partial charge is 0.338 e. The van der Waals surface area contributed by atoms with Crippen molar-refractivity contribution in [3.63, 3.8) is 0 Å². The summed E-state index contributed by atoms with van der Waals surface area (Å²) in [7, 11) is 0. The van der Waals surface area contributed by atoms with Crippen molar-refractivity contribution in [2.45, 2.75) is 27.7 Å². The fourth-order valence-electron chi connectivity index (χ4n) is 1.07. The highest BCUT2D eigenvalue weighted by Crippen LogP contribution is 2.15. The van der Waals surface area contributed by atoms with Crippen LogP contribution in [0, 0.1) is 6.92 Å². The third-order valence-corrected chi connectivity index (χ3v) is 1.77. The summed E-state index contributed by atoms with van der Waals surface area (Å²) in [6.07, 6.45) is 0. The summed E-state index contributed by atoms with van der Waals surface area (Å²) in [5.74, 6) is -0.326. The average Bonchev–Trinajstić information content (AvgIpc) is 2.20. The molecule has 0 aliphatic carbocycles. The first-order valence-electron chi connectivity index (χ1n) is 5.08. The molecule has 0 unspecified atom stereocenters. The van der Waals surface area contributed by atoms with Crippen LogP contribution < -0.4 is 0 Å². The number of rotatable bonds is 2. The number of halogens is 1. The van der Waals surface area contributed by atoms with Crippen LogP contribution in [0.15, 0.2) is 18.2 Å². The highest BCUT2D eigenvalue weighted by molar-refractivity contribution is 6.31. The van der Waals surface area contributed by atoms with Crippen LogP contribution in [0.25, 0.3) is 0 Å². The van der Waals surface area contributed by atoms with Gasteiger partial charge in [0, 0.05) is 5.02 Å². The Morgan fingerprint density at radius 3 is 2.40 bits per heavy atom. The first-order valence-corrected chi connectivity index (χ1v) is 5.45. The molecule has 0 N–H and O–H groups in total. The Labute approximate surface area is 96.2 Å². The minimum Gasteiger partial charge on any atom is -0.462 e. The van der Waals surface area contributed by atoms with Gasteiger partial charge in [-0.2, -0.15) is 0 Å². The fourth-order valence-corrected chi connectivity index (χ4v) is 1.36. The largest absolute Gasteiger partial charge is 0.462 e. The lowest BCUT2D eigenvalue weighted by Crippen LogP contribution is -2.04. The quantitative estimate of drug-likeness (QED) is 0.719. The van der Waals surface area contributed by atoms with E-state index in [2.05, 4.69) is 0 Å². The number of aryl methyl sites for hydroxylation is 1. The van der Waals surface area contributed by atoms with E-state index in [1.165, 1.54) is 0 Å². The van der Waals surface area contributed by atoms with Crippen molar-refractivity contribution in [1.29, 1.82) is 0 Å². The molecule has 15 heavy (non-hydrogen) atoms. The van der Waals surface area contributed by atoms with Gasteiger partial charge < -0.3 is 4.74 Å². The summed E-state index contributed by atoms with van der Waals surface area (Å²) in [4.78, 5) is 11.3. The van der Waals surface area contributed by atoms with E-state index in [9.17, 15) is 4.79 Å². The van der Waals surface area contributed by atoms with Crippen LogP contribution in [0.4, 0.5) is 0 Å². The van der Waals surface area contributed by atoms with Gasteiger partial charge in [-0.1, -0.05) is 25.4 Å². The van der Waals surface area contributed by atoms with E-state index >= 15 is 0 Å². The van der Waals surface area contributed by atoms with Gasteiger partial charge in [0.15, 0.2) is 0 Å². The summed E-state index contributed by atoms with van der Waals surface area (Å²) in [6, 6.07) is 5.15. The fraction of sp³-hybridized carbons (Fsp3) is 0.417. The van der Waals surface area contributed by atoms with E-state index in [0.29, 0.717) is 17.2 Å². The maximum absolute atomic E-state index is 11.3. The molecule has 0 aromatic heterocycles. The number of carbonyl (C=O) groups excluding carboxylic acids is 1. The molecule has 0 amide bonds. The molecule has 0 heterocycles. The van der Waals surface area contributed by atoms with Crippen LogP contribution in [-0.2, 0) is 4.74 Å². The Bertz CT molecular complexity index is 301. The standard InChI is InChI=1S/C10H11ClO2.C2H6/c1-3-13-10(12)8-4-7(2)5-9(11)6-8;1-2/h4-6H,3H2,1-2H3;1-2H3. The second-order valence-electron chi connectivity index (χ2n) is 2.74. The zero-order chi connectivity index (χ0) is 11.8. The van der Waals surface area contributed by atoms with Crippen LogP contribution in [0.2, 0.25) is 5.02 Å². The highest BCUT2D eigenvalue weighted by Gasteiger charge is 2.06. The van der Waals surface area contributed by atoms with E-state index in [4.69, 9.17) is 16.3 Å². The second kappa shape index (κ2) is 7.30. The van der Waals surface area contributed by atoms with Crippen molar-refractivity contribution in [1.82, 2.24) is 0 Å². The lowest BCUT2D eigenvalue weighted by atomic mass is 10.1. The normalized spacial score (nSPS) is 8.87. The number of benzene rings is 1. The molecule has 3 heteroatoms. The van der Waals surface area contributed by atoms with Crippen LogP contribution in [0.5, 0.6) is 0 Å². The molecular formula is C12H17ClO2. The predicted octanol–water partition coefficient (Wildman–Crippen LogP) is 3.85. The summed E-state index contributed by atoms with van der Waals surface area (Å²) < 4.78 is 4.84. The molecule has 0 aliphatic rings. The van der Waals surface area contributed by atoms with Gasteiger partial charge in [-0.15, -0.1) is 0 Å². The van der Waals surface area contributed by atoms with Gasteiger partial charge in [-0.05, 0) is 37.6 Å². The Hall–Kier alpha value is -1.02. The second-order valence-corrected chi connectivity index (χ2v) is 3.17. The molecule has 84 valence electrons. The van der Waals surface area contributed by atoms with Gasteiger partial charge in [0.25, 0.3) is 0 Å². The molecule has 2 nitrogen and oxygen atoms in total. The third kappa shape index (κ3) is 4.84. The van der Waals surface area contributed by atoms with E-state index < -0.39 is 0 Å². The number of carbonyl (C=O) groups is 1. The molecule has 0 aliphatic heterocycles. The minimum absolute atomic E-state index is 0.326. The zero-order valence-corrected chi connectivity index (χ0v) is 10.4. The van der Waals surface area contributed by atoms with E-state index in [0.717, 1.165) is 5.56 Å². The highest BCUT2D eigenvalue weighted by atomic mass is 35.5. The molecule has 0 saturated heterocycles. The van der Waals surface area contributed by atoms with Crippen LogP contribution in [0.1, 0.15) is 36.7 Å². The molecule has 1 aromatic rings. The molecule has 0 atom stereocenters. The van der Waals surface area contributed by atoms with Crippen molar-refractivity contribution in [3.05, 3.63) is 34.3 Å². The summed E-state index contributed by atoms with van der Waals surface area (Å²) >= 11 is 5.79. The van der Waals surface area contributed by atoms with Crippen molar-refractivity contribution in [2.75, 3.05) is 6.61 Å². The predicted molar refractivity (Wildman–Crippen MR) is 63.5 cm³/mol. The monoisotopic (exact) mass is 228 g/mol. The molecule has 0 bridgehead atoms. The van der Waals surface area contributed by atoms with E-state index in [-0.39, 0.29) is 5.97 Å². The van der Waals surface area contributed by atoms with E-state index in [1.807, 2.05) is 20.8 Å². The topological polar surface area (TPSA) is 26.3 Å². The van der Waals surface area contributed by atoms with Gasteiger partial charge >= 0.3 is 5.97 Å². The minimum atomic E-state index is -0.326. The average molecular weight is 229 g/mol. The Kier molecular flexibility index (Phi) is 6.80. The maximum Gasteiger partial charge on any atom is 0.338 e. The Balaban J connectivity index is 0.000000921. The summed E-state index contributed by atoms with van der Waals surface area (Å²) in [5, 5.41) is 0.558. The van der Waals surface area contributed by atoms with Crippen molar-refractivity contribution in [3.8, 4) is 0 Å². The zero-order valence-electron chi connectivity index (χ0n) is 9.63. The molecular weight excluding hydrogens is 212 g/mol. The third-order valence-electron chi connectivity index (χ3n) is 1.55. The Morgan fingerprint density at radius 1 is 1.33 bits per heavy atom. The number of hydrogen-bond donors (Lipinski definition) is 0. The molecule has 0 fully saturated rings. The van der Waals surface area contributed by atoms with Crippen molar-refractivity contribution in [2.24, 2.45) is 0 Å². The molecule has 1 aromatic carbocycles. The van der Waals surface area contributed by atoms with Crippen LogP contribution in [0.3, 0.4) is 0 Å². The SMILES string of the molecule is CC.CCOC(=O)c1cc(C)cc(Cl)c1. The van der Waals surface area contributed by atoms with Gasteiger partial charge in [-0.3, -0.25) is 0 Å². The molecule has 0 radical (unpaired) electrons. The molecule has 0 saturated carbocycles. The maximum atomic E-state index is 11.3. The summed E-state index contributed by atoms with van der Waals surface area (Å²) in [6.45, 7) is 8.04.